The highest BCUT2D eigenvalue weighted by Gasteiger charge is 2.27. The van der Waals surface area contributed by atoms with Gasteiger partial charge in [0.1, 0.15) is 18.9 Å². The van der Waals surface area contributed by atoms with Gasteiger partial charge in [0.2, 0.25) is 15.9 Å². The van der Waals surface area contributed by atoms with E-state index >= 15 is 0 Å². The van der Waals surface area contributed by atoms with E-state index in [0.29, 0.717) is 13.1 Å². The van der Waals surface area contributed by atoms with Crippen LogP contribution in [0.4, 0.5) is 5.69 Å². The highest BCUT2D eigenvalue weighted by atomic mass is 32.2. The highest BCUT2D eigenvalue weighted by molar-refractivity contribution is 7.89. The molecule has 1 amide bonds. The summed E-state index contributed by atoms with van der Waals surface area (Å²) in [6.07, 6.45) is 2.27. The fourth-order valence-corrected chi connectivity index (χ4v) is 3.26. The van der Waals surface area contributed by atoms with E-state index < -0.39 is 14.9 Å². The zero-order chi connectivity index (χ0) is 16.3. The van der Waals surface area contributed by atoms with Crippen LogP contribution in [0.2, 0.25) is 0 Å². The Morgan fingerprint density at radius 1 is 1.36 bits per heavy atom. The van der Waals surface area contributed by atoms with Gasteiger partial charge in [-0.25, -0.2) is 8.42 Å². The molecule has 0 saturated carbocycles. The highest BCUT2D eigenvalue weighted by Crippen LogP contribution is 2.10. The molecule has 1 aromatic rings. The Kier molecular flexibility index (Phi) is 4.76. The second-order valence-electron chi connectivity index (χ2n) is 4.83. The Morgan fingerprint density at radius 2 is 2.00 bits per heavy atom. The van der Waals surface area contributed by atoms with Gasteiger partial charge in [-0.15, -0.1) is 0 Å². The molecule has 1 fully saturated rings. The predicted octanol–water partition coefficient (Wildman–Crippen LogP) is -0.715. The van der Waals surface area contributed by atoms with Crippen LogP contribution in [0.5, 0.6) is 0 Å². The van der Waals surface area contributed by atoms with Crippen molar-refractivity contribution in [3.63, 3.8) is 0 Å². The molecule has 0 aromatic carbocycles. The molecular formula is C11H17N5O5S. The molecule has 1 aliphatic heterocycles. The quantitative estimate of drug-likeness (QED) is 0.519. The average Bonchev–Trinajstić information content (AvgIpc) is 2.96. The summed E-state index contributed by atoms with van der Waals surface area (Å²) in [7, 11) is -3.23. The predicted molar refractivity (Wildman–Crippen MR) is 76.5 cm³/mol. The van der Waals surface area contributed by atoms with Crippen LogP contribution >= 0.6 is 0 Å². The van der Waals surface area contributed by atoms with Gasteiger partial charge in [-0.2, -0.15) is 9.40 Å². The summed E-state index contributed by atoms with van der Waals surface area (Å²) in [4.78, 5) is 23.6. The van der Waals surface area contributed by atoms with Gasteiger partial charge in [-0.05, 0) is 6.92 Å². The number of hydrogen-bond donors (Lipinski definition) is 0. The van der Waals surface area contributed by atoms with Gasteiger partial charge in [0.05, 0.1) is 10.7 Å². The van der Waals surface area contributed by atoms with Crippen LogP contribution < -0.4 is 0 Å². The third kappa shape index (κ3) is 3.60. The molecule has 1 aromatic heterocycles. The Bertz CT molecular complexity index is 662. The lowest BCUT2D eigenvalue weighted by atomic mass is 10.3. The summed E-state index contributed by atoms with van der Waals surface area (Å²) in [5.74, 6) is -0.204. The van der Waals surface area contributed by atoms with Crippen molar-refractivity contribution in [3.8, 4) is 0 Å². The van der Waals surface area contributed by atoms with Crippen molar-refractivity contribution in [1.82, 2.24) is 19.0 Å². The molecule has 0 unspecified atom stereocenters. The van der Waals surface area contributed by atoms with Gasteiger partial charge in [0.15, 0.2) is 0 Å². The minimum absolute atomic E-state index is 0.0396. The van der Waals surface area contributed by atoms with E-state index in [1.165, 1.54) is 20.1 Å². The molecule has 0 aliphatic carbocycles. The first-order valence-corrected chi connectivity index (χ1v) is 8.37. The van der Waals surface area contributed by atoms with Gasteiger partial charge >= 0.3 is 5.69 Å². The number of aromatic nitrogens is 2. The SMILES string of the molecule is CCS(=O)(=O)N1CCN(C(=O)Cn2cc([N+](=O)[O-])cn2)CC1. The van der Waals surface area contributed by atoms with Gasteiger partial charge in [-0.3, -0.25) is 19.6 Å². The normalized spacial score (nSPS) is 16.7. The maximum atomic E-state index is 12.1. The number of piperazine rings is 1. The van der Waals surface area contributed by atoms with Crippen molar-refractivity contribution in [2.24, 2.45) is 0 Å². The topological polar surface area (TPSA) is 119 Å². The second-order valence-corrected chi connectivity index (χ2v) is 7.09. The van der Waals surface area contributed by atoms with Crippen LogP contribution in [-0.2, 0) is 21.4 Å². The fraction of sp³-hybridized carbons (Fsp3) is 0.636. The van der Waals surface area contributed by atoms with E-state index in [2.05, 4.69) is 5.10 Å². The summed E-state index contributed by atoms with van der Waals surface area (Å²) in [6.45, 7) is 2.62. The minimum Gasteiger partial charge on any atom is -0.338 e. The standard InChI is InChI=1S/C11H17N5O5S/c1-2-22(20,21)15-5-3-13(4-6-15)11(17)9-14-8-10(7-12-14)16(18)19/h7-8H,2-6,9H2,1H3. The molecule has 122 valence electrons. The minimum atomic E-state index is -3.23. The van der Waals surface area contributed by atoms with Crippen molar-refractivity contribution in [2.75, 3.05) is 31.9 Å². The molecular weight excluding hydrogens is 314 g/mol. The number of rotatable bonds is 5. The number of amides is 1. The third-order valence-electron chi connectivity index (χ3n) is 3.48. The fourth-order valence-electron chi connectivity index (χ4n) is 2.17. The lowest BCUT2D eigenvalue weighted by Gasteiger charge is -2.33. The van der Waals surface area contributed by atoms with Gasteiger partial charge in [0.25, 0.3) is 0 Å². The number of nitrogens with zero attached hydrogens (tertiary/aromatic N) is 5. The molecule has 0 N–H and O–H groups in total. The first kappa shape index (κ1) is 16.4. The van der Waals surface area contributed by atoms with Crippen LogP contribution in [0.1, 0.15) is 6.92 Å². The number of sulfonamides is 1. The van der Waals surface area contributed by atoms with E-state index in [4.69, 9.17) is 0 Å². The molecule has 10 nitrogen and oxygen atoms in total. The summed E-state index contributed by atoms with van der Waals surface area (Å²) >= 11 is 0. The van der Waals surface area contributed by atoms with Gasteiger partial charge in [-0.1, -0.05) is 0 Å². The van der Waals surface area contributed by atoms with Crippen molar-refractivity contribution in [1.29, 1.82) is 0 Å². The molecule has 2 rings (SSSR count). The zero-order valence-electron chi connectivity index (χ0n) is 12.1. The van der Waals surface area contributed by atoms with Crippen molar-refractivity contribution < 1.29 is 18.1 Å². The van der Waals surface area contributed by atoms with Crippen molar-refractivity contribution in [2.45, 2.75) is 13.5 Å². The van der Waals surface area contributed by atoms with Crippen LogP contribution in [0, 0.1) is 10.1 Å². The molecule has 11 heteroatoms. The summed E-state index contributed by atoms with van der Waals surface area (Å²) in [5.41, 5.74) is -0.174. The molecule has 2 heterocycles. The second kappa shape index (κ2) is 6.40. The van der Waals surface area contributed by atoms with E-state index in [1.807, 2.05) is 0 Å². The van der Waals surface area contributed by atoms with Crippen LogP contribution in [-0.4, -0.2) is 70.2 Å². The lowest BCUT2D eigenvalue weighted by Crippen LogP contribution is -2.51. The van der Waals surface area contributed by atoms with E-state index in [1.54, 1.807) is 6.92 Å². The van der Waals surface area contributed by atoms with Crippen molar-refractivity contribution >= 4 is 21.6 Å². The maximum Gasteiger partial charge on any atom is 0.307 e. The molecule has 0 atom stereocenters. The summed E-state index contributed by atoms with van der Waals surface area (Å²) in [5, 5.41) is 14.3. The van der Waals surface area contributed by atoms with Gasteiger partial charge < -0.3 is 4.90 Å². The number of hydrogen-bond acceptors (Lipinski definition) is 6. The molecule has 1 saturated heterocycles. The number of carbonyl (C=O) groups is 1. The van der Waals surface area contributed by atoms with Crippen LogP contribution in [0.3, 0.4) is 0 Å². The monoisotopic (exact) mass is 331 g/mol. The molecule has 0 bridgehead atoms. The smallest absolute Gasteiger partial charge is 0.307 e. The summed E-state index contributed by atoms with van der Waals surface area (Å²) < 4.78 is 26.0. The van der Waals surface area contributed by atoms with Crippen LogP contribution in [0.25, 0.3) is 0 Å². The zero-order valence-corrected chi connectivity index (χ0v) is 12.9. The summed E-state index contributed by atoms with van der Waals surface area (Å²) in [6, 6.07) is 0. The van der Waals surface area contributed by atoms with Gasteiger partial charge in [0, 0.05) is 26.2 Å². The Balaban J connectivity index is 1.91. The lowest BCUT2D eigenvalue weighted by molar-refractivity contribution is -0.385. The molecule has 0 spiro atoms. The van der Waals surface area contributed by atoms with E-state index in [9.17, 15) is 23.3 Å². The molecule has 1 aliphatic rings. The van der Waals surface area contributed by atoms with E-state index in [-0.39, 0.29) is 37.0 Å². The average molecular weight is 331 g/mol. The largest absolute Gasteiger partial charge is 0.338 e. The third-order valence-corrected chi connectivity index (χ3v) is 5.36. The number of nitro groups is 1. The first-order chi connectivity index (χ1) is 10.3. The maximum absolute atomic E-state index is 12.1. The van der Waals surface area contributed by atoms with Crippen LogP contribution in [0.15, 0.2) is 12.4 Å². The first-order valence-electron chi connectivity index (χ1n) is 6.76. The number of carbonyl (C=O) groups excluding carboxylic acids is 1. The Morgan fingerprint density at radius 3 is 2.50 bits per heavy atom. The Labute approximate surface area is 127 Å². The molecule has 22 heavy (non-hydrogen) atoms. The molecule has 0 radical (unpaired) electrons. The Hall–Kier alpha value is -2.01. The van der Waals surface area contributed by atoms with E-state index in [0.717, 1.165) is 6.20 Å². The van der Waals surface area contributed by atoms with Crippen molar-refractivity contribution in [3.05, 3.63) is 22.5 Å².